The second kappa shape index (κ2) is 7.59. The summed E-state index contributed by atoms with van der Waals surface area (Å²) in [5, 5.41) is 7.05. The molecule has 2 aromatic rings. The summed E-state index contributed by atoms with van der Waals surface area (Å²) in [4.78, 5) is 12.0. The third-order valence-electron chi connectivity index (χ3n) is 3.33. The Morgan fingerprint density at radius 2 is 2.10 bits per heavy atom. The van der Waals surface area contributed by atoms with Gasteiger partial charge in [0.1, 0.15) is 0 Å². The van der Waals surface area contributed by atoms with E-state index in [0.29, 0.717) is 13.0 Å². The number of carbonyl (C=O) groups excluding carboxylic acids is 1. The van der Waals surface area contributed by atoms with Gasteiger partial charge < -0.3 is 11.1 Å². The lowest BCUT2D eigenvalue weighted by Gasteiger charge is -2.17. The van der Waals surface area contributed by atoms with Crippen molar-refractivity contribution >= 4 is 5.91 Å². The van der Waals surface area contributed by atoms with Crippen LogP contribution in [0.15, 0.2) is 48.8 Å². The number of rotatable bonds is 7. The predicted molar refractivity (Wildman–Crippen MR) is 82.6 cm³/mol. The summed E-state index contributed by atoms with van der Waals surface area (Å²) in [6.07, 6.45) is 5.05. The quantitative estimate of drug-likeness (QED) is 0.807. The number of aryl methyl sites for hydroxylation is 1. The zero-order valence-electron chi connectivity index (χ0n) is 12.3. The minimum Gasteiger partial charge on any atom is -0.350 e. The molecule has 0 radical (unpaired) electrons. The van der Waals surface area contributed by atoms with Crippen LogP contribution in [0.1, 0.15) is 18.9 Å². The van der Waals surface area contributed by atoms with Crippen molar-refractivity contribution in [2.75, 3.05) is 0 Å². The number of benzene rings is 1. The molecule has 2 unspecified atom stereocenters. The Morgan fingerprint density at radius 3 is 2.76 bits per heavy atom. The molecule has 2 rings (SSSR count). The van der Waals surface area contributed by atoms with E-state index in [0.717, 1.165) is 6.42 Å². The van der Waals surface area contributed by atoms with Crippen LogP contribution in [0.4, 0.5) is 0 Å². The van der Waals surface area contributed by atoms with Crippen molar-refractivity contribution in [3.05, 3.63) is 54.4 Å². The molecule has 1 aromatic carbocycles. The summed E-state index contributed by atoms with van der Waals surface area (Å²) in [6.45, 7) is 2.59. The summed E-state index contributed by atoms with van der Waals surface area (Å²) in [7, 11) is 0. The van der Waals surface area contributed by atoms with E-state index in [1.165, 1.54) is 5.56 Å². The van der Waals surface area contributed by atoms with Crippen molar-refractivity contribution in [2.24, 2.45) is 5.73 Å². The normalized spacial score (nSPS) is 13.6. The maximum absolute atomic E-state index is 12.0. The van der Waals surface area contributed by atoms with Gasteiger partial charge in [0.05, 0.1) is 12.6 Å². The first kappa shape index (κ1) is 15.3. The standard InChI is InChI=1S/C16H22N4O/c1-13(12-20-11-5-10-18-20)19-16(21)15(17)9-8-14-6-3-2-4-7-14/h2-7,10-11,13,15H,8-9,12,17H2,1H3,(H,19,21). The number of hydrogen-bond donors (Lipinski definition) is 2. The molecule has 0 spiro atoms. The molecule has 1 heterocycles. The fraction of sp³-hybridized carbons (Fsp3) is 0.375. The highest BCUT2D eigenvalue weighted by atomic mass is 16.2. The van der Waals surface area contributed by atoms with Crippen molar-refractivity contribution in [2.45, 2.75) is 38.4 Å². The number of amides is 1. The summed E-state index contributed by atoms with van der Waals surface area (Å²) in [6, 6.07) is 11.4. The highest BCUT2D eigenvalue weighted by Crippen LogP contribution is 2.04. The SMILES string of the molecule is CC(Cn1cccn1)NC(=O)C(N)CCc1ccccc1. The minimum atomic E-state index is -0.481. The molecule has 0 saturated heterocycles. The molecule has 2 atom stereocenters. The van der Waals surface area contributed by atoms with Crippen LogP contribution in [0.3, 0.4) is 0 Å². The van der Waals surface area contributed by atoms with Gasteiger partial charge in [0.2, 0.25) is 5.91 Å². The van der Waals surface area contributed by atoms with Crippen LogP contribution in [-0.4, -0.2) is 27.8 Å². The molecule has 3 N–H and O–H groups in total. The van der Waals surface area contributed by atoms with Gasteiger partial charge >= 0.3 is 0 Å². The van der Waals surface area contributed by atoms with E-state index in [4.69, 9.17) is 5.73 Å². The Bertz CT molecular complexity index is 539. The van der Waals surface area contributed by atoms with Crippen molar-refractivity contribution in [3.63, 3.8) is 0 Å². The lowest BCUT2D eigenvalue weighted by molar-refractivity contribution is -0.123. The molecule has 5 heteroatoms. The Balaban J connectivity index is 1.74. The molecule has 1 aromatic heterocycles. The Labute approximate surface area is 125 Å². The highest BCUT2D eigenvalue weighted by molar-refractivity contribution is 5.81. The van der Waals surface area contributed by atoms with E-state index >= 15 is 0 Å². The van der Waals surface area contributed by atoms with Gasteiger partial charge in [-0.15, -0.1) is 0 Å². The second-order valence-electron chi connectivity index (χ2n) is 5.27. The first-order valence-corrected chi connectivity index (χ1v) is 7.22. The van der Waals surface area contributed by atoms with Gasteiger partial charge in [-0.05, 0) is 31.4 Å². The fourth-order valence-electron chi connectivity index (χ4n) is 2.18. The van der Waals surface area contributed by atoms with Crippen LogP contribution in [0.2, 0.25) is 0 Å². The average molecular weight is 286 g/mol. The number of nitrogens with one attached hydrogen (secondary N) is 1. The molecule has 0 fully saturated rings. The van der Waals surface area contributed by atoms with E-state index < -0.39 is 6.04 Å². The molecule has 0 aliphatic rings. The van der Waals surface area contributed by atoms with Gasteiger partial charge in [-0.1, -0.05) is 30.3 Å². The predicted octanol–water partition coefficient (Wildman–Crippen LogP) is 1.35. The van der Waals surface area contributed by atoms with Crippen molar-refractivity contribution < 1.29 is 4.79 Å². The van der Waals surface area contributed by atoms with Crippen LogP contribution in [-0.2, 0) is 17.8 Å². The first-order chi connectivity index (χ1) is 10.1. The molecule has 112 valence electrons. The zero-order valence-corrected chi connectivity index (χ0v) is 12.3. The minimum absolute atomic E-state index is 0.000162. The molecular formula is C16H22N4O. The van der Waals surface area contributed by atoms with Gasteiger partial charge in [-0.25, -0.2) is 0 Å². The third kappa shape index (κ3) is 5.04. The number of nitrogens with zero attached hydrogens (tertiary/aromatic N) is 2. The first-order valence-electron chi connectivity index (χ1n) is 7.22. The Hall–Kier alpha value is -2.14. The fourth-order valence-corrected chi connectivity index (χ4v) is 2.18. The van der Waals surface area contributed by atoms with Gasteiger partial charge in [0, 0.05) is 18.4 Å². The largest absolute Gasteiger partial charge is 0.350 e. The van der Waals surface area contributed by atoms with Crippen LogP contribution in [0.25, 0.3) is 0 Å². The summed E-state index contributed by atoms with van der Waals surface area (Å²) < 4.78 is 1.79. The smallest absolute Gasteiger partial charge is 0.237 e. The highest BCUT2D eigenvalue weighted by Gasteiger charge is 2.15. The monoisotopic (exact) mass is 286 g/mol. The molecule has 0 saturated carbocycles. The van der Waals surface area contributed by atoms with E-state index in [9.17, 15) is 4.79 Å². The van der Waals surface area contributed by atoms with Gasteiger partial charge in [-0.2, -0.15) is 5.10 Å². The molecule has 0 aliphatic carbocycles. The maximum atomic E-state index is 12.0. The van der Waals surface area contributed by atoms with Gasteiger partial charge in [0.25, 0.3) is 0 Å². The summed E-state index contributed by atoms with van der Waals surface area (Å²) in [5.41, 5.74) is 7.15. The van der Waals surface area contributed by atoms with E-state index in [2.05, 4.69) is 10.4 Å². The molecule has 1 amide bonds. The lowest BCUT2D eigenvalue weighted by atomic mass is 10.1. The number of nitrogens with two attached hydrogens (primary N) is 1. The van der Waals surface area contributed by atoms with E-state index in [-0.39, 0.29) is 11.9 Å². The molecule has 0 aliphatic heterocycles. The molecule has 21 heavy (non-hydrogen) atoms. The number of carbonyl (C=O) groups is 1. The topological polar surface area (TPSA) is 72.9 Å². The average Bonchev–Trinajstić information content (AvgIpc) is 2.98. The number of aromatic nitrogens is 2. The molecule has 5 nitrogen and oxygen atoms in total. The van der Waals surface area contributed by atoms with Gasteiger partial charge in [0.15, 0.2) is 0 Å². The summed E-state index contributed by atoms with van der Waals surface area (Å²) in [5.74, 6) is -0.106. The van der Waals surface area contributed by atoms with Crippen LogP contribution in [0.5, 0.6) is 0 Å². The van der Waals surface area contributed by atoms with Crippen LogP contribution in [0, 0.1) is 0 Å². The van der Waals surface area contributed by atoms with E-state index in [1.54, 1.807) is 10.9 Å². The van der Waals surface area contributed by atoms with Crippen LogP contribution < -0.4 is 11.1 Å². The zero-order chi connectivity index (χ0) is 15.1. The number of hydrogen-bond acceptors (Lipinski definition) is 3. The van der Waals surface area contributed by atoms with Crippen molar-refractivity contribution in [1.82, 2.24) is 15.1 Å². The van der Waals surface area contributed by atoms with Gasteiger partial charge in [-0.3, -0.25) is 9.48 Å². The lowest BCUT2D eigenvalue weighted by Crippen LogP contribution is -2.45. The van der Waals surface area contributed by atoms with Crippen LogP contribution >= 0.6 is 0 Å². The second-order valence-corrected chi connectivity index (χ2v) is 5.27. The third-order valence-corrected chi connectivity index (χ3v) is 3.33. The molecular weight excluding hydrogens is 264 g/mol. The summed E-state index contributed by atoms with van der Waals surface area (Å²) >= 11 is 0. The Kier molecular flexibility index (Phi) is 5.51. The van der Waals surface area contributed by atoms with Crippen molar-refractivity contribution in [1.29, 1.82) is 0 Å². The van der Waals surface area contributed by atoms with Crippen molar-refractivity contribution in [3.8, 4) is 0 Å². The molecule has 0 bridgehead atoms. The van der Waals surface area contributed by atoms with E-state index in [1.807, 2.05) is 49.5 Å². The Morgan fingerprint density at radius 1 is 1.33 bits per heavy atom. The maximum Gasteiger partial charge on any atom is 0.237 e.